The largest absolute Gasteiger partial charge is 0.375 e. The number of nitrogens with zero attached hydrogens (tertiary/aromatic N) is 1. The lowest BCUT2D eigenvalue weighted by Crippen LogP contribution is -2.50. The molecule has 2 unspecified atom stereocenters. The molecule has 0 spiro atoms. The van der Waals surface area contributed by atoms with Gasteiger partial charge in [0, 0.05) is 17.6 Å². The number of rotatable bonds is 2. The van der Waals surface area contributed by atoms with Crippen LogP contribution in [-0.2, 0) is 14.8 Å². The Labute approximate surface area is 113 Å². The highest BCUT2D eigenvalue weighted by Crippen LogP contribution is 2.24. The summed E-state index contributed by atoms with van der Waals surface area (Å²) in [5, 5.41) is 0.421. The molecule has 0 aliphatic carbocycles. The summed E-state index contributed by atoms with van der Waals surface area (Å²) in [6, 6.07) is 6.18. The Morgan fingerprint density at radius 3 is 2.78 bits per heavy atom. The third kappa shape index (κ3) is 2.69. The first kappa shape index (κ1) is 13.8. The monoisotopic (exact) mass is 289 g/mol. The van der Waals surface area contributed by atoms with Gasteiger partial charge in [0.05, 0.1) is 17.6 Å². The van der Waals surface area contributed by atoms with Crippen molar-refractivity contribution in [1.29, 1.82) is 0 Å². The molecule has 0 radical (unpaired) electrons. The van der Waals surface area contributed by atoms with Gasteiger partial charge < -0.3 is 4.74 Å². The molecule has 6 heteroatoms. The van der Waals surface area contributed by atoms with E-state index in [2.05, 4.69) is 0 Å². The summed E-state index contributed by atoms with van der Waals surface area (Å²) in [5.74, 6) is 0. The first-order valence-electron chi connectivity index (χ1n) is 5.80. The molecule has 18 heavy (non-hydrogen) atoms. The number of sulfonamides is 1. The summed E-state index contributed by atoms with van der Waals surface area (Å²) >= 11 is 5.85. The zero-order valence-corrected chi connectivity index (χ0v) is 11.9. The van der Waals surface area contributed by atoms with Crippen molar-refractivity contribution in [3.05, 3.63) is 29.3 Å². The van der Waals surface area contributed by atoms with Crippen LogP contribution >= 0.6 is 11.6 Å². The quantitative estimate of drug-likeness (QED) is 0.838. The third-order valence-corrected chi connectivity index (χ3v) is 5.16. The van der Waals surface area contributed by atoms with Gasteiger partial charge in [-0.3, -0.25) is 0 Å². The average Bonchev–Trinajstić information content (AvgIpc) is 2.32. The van der Waals surface area contributed by atoms with E-state index in [0.717, 1.165) is 0 Å². The number of benzene rings is 1. The molecule has 1 saturated heterocycles. The van der Waals surface area contributed by atoms with Crippen LogP contribution in [-0.4, -0.2) is 38.0 Å². The maximum atomic E-state index is 12.5. The number of morpholine rings is 1. The SMILES string of the molecule is CC1CN(S(=O)(=O)c2cccc(Cl)c2)C(C)CO1. The van der Waals surface area contributed by atoms with Gasteiger partial charge in [-0.1, -0.05) is 17.7 Å². The van der Waals surface area contributed by atoms with E-state index in [1.54, 1.807) is 18.2 Å². The smallest absolute Gasteiger partial charge is 0.243 e. The normalized spacial score (nSPS) is 26.2. The van der Waals surface area contributed by atoms with Gasteiger partial charge in [-0.2, -0.15) is 4.31 Å². The molecule has 100 valence electrons. The van der Waals surface area contributed by atoms with Gasteiger partial charge in [-0.05, 0) is 32.0 Å². The first-order valence-corrected chi connectivity index (χ1v) is 7.62. The summed E-state index contributed by atoms with van der Waals surface area (Å²) in [6.07, 6.45) is -0.0878. The van der Waals surface area contributed by atoms with Crippen LogP contribution in [0.5, 0.6) is 0 Å². The van der Waals surface area contributed by atoms with E-state index in [9.17, 15) is 8.42 Å². The Bertz CT molecular complexity index is 532. The molecule has 0 amide bonds. The minimum atomic E-state index is -3.50. The van der Waals surface area contributed by atoms with Gasteiger partial charge in [0.2, 0.25) is 10.0 Å². The van der Waals surface area contributed by atoms with E-state index in [4.69, 9.17) is 16.3 Å². The summed E-state index contributed by atoms with van der Waals surface area (Å²) in [7, 11) is -3.50. The van der Waals surface area contributed by atoms with Gasteiger partial charge in [-0.15, -0.1) is 0 Å². The molecular formula is C12H16ClNO3S. The molecule has 2 atom stereocenters. The van der Waals surface area contributed by atoms with Crippen LogP contribution in [0.25, 0.3) is 0 Å². The fourth-order valence-corrected chi connectivity index (χ4v) is 3.96. The van der Waals surface area contributed by atoms with Crippen LogP contribution in [0.15, 0.2) is 29.2 Å². The van der Waals surface area contributed by atoms with E-state index in [-0.39, 0.29) is 17.0 Å². The predicted octanol–water partition coefficient (Wildman–Crippen LogP) is 2.14. The molecule has 1 aliphatic rings. The maximum Gasteiger partial charge on any atom is 0.243 e. The lowest BCUT2D eigenvalue weighted by atomic mass is 10.2. The van der Waals surface area contributed by atoms with Crippen molar-refractivity contribution in [3.63, 3.8) is 0 Å². The van der Waals surface area contributed by atoms with Crippen molar-refractivity contribution in [2.45, 2.75) is 30.9 Å². The van der Waals surface area contributed by atoms with E-state index in [0.29, 0.717) is 18.2 Å². The highest BCUT2D eigenvalue weighted by molar-refractivity contribution is 7.89. The molecule has 1 heterocycles. The third-order valence-electron chi connectivity index (χ3n) is 2.95. The zero-order chi connectivity index (χ0) is 13.3. The second-order valence-corrected chi connectivity index (χ2v) is 6.85. The standard InChI is InChI=1S/C12H16ClNO3S/c1-9-8-17-10(2)7-14(9)18(15,16)12-5-3-4-11(13)6-12/h3-6,9-10H,7-8H2,1-2H3. The molecule has 1 aliphatic heterocycles. The average molecular weight is 290 g/mol. The molecule has 0 aromatic heterocycles. The Kier molecular flexibility index (Phi) is 3.96. The summed E-state index contributed by atoms with van der Waals surface area (Å²) in [6.45, 7) is 4.50. The number of ether oxygens (including phenoxy) is 1. The highest BCUT2D eigenvalue weighted by atomic mass is 35.5. The Morgan fingerprint density at radius 2 is 2.11 bits per heavy atom. The minimum absolute atomic E-state index is 0.0878. The molecule has 0 bridgehead atoms. The summed E-state index contributed by atoms with van der Waals surface area (Å²) in [4.78, 5) is 0.232. The number of halogens is 1. The molecule has 1 fully saturated rings. The van der Waals surface area contributed by atoms with Gasteiger partial charge >= 0.3 is 0 Å². The number of hydrogen-bond acceptors (Lipinski definition) is 3. The van der Waals surface area contributed by atoms with E-state index < -0.39 is 10.0 Å². The van der Waals surface area contributed by atoms with Crippen LogP contribution < -0.4 is 0 Å². The van der Waals surface area contributed by atoms with Gasteiger partial charge in [0.1, 0.15) is 0 Å². The molecule has 0 N–H and O–H groups in total. The second-order valence-electron chi connectivity index (χ2n) is 4.53. The van der Waals surface area contributed by atoms with Crippen molar-refractivity contribution in [1.82, 2.24) is 4.31 Å². The van der Waals surface area contributed by atoms with Crippen molar-refractivity contribution in [2.24, 2.45) is 0 Å². The van der Waals surface area contributed by atoms with E-state index in [1.165, 1.54) is 10.4 Å². The molecule has 1 aromatic carbocycles. The van der Waals surface area contributed by atoms with Gasteiger partial charge in [0.15, 0.2) is 0 Å². The van der Waals surface area contributed by atoms with Crippen LogP contribution in [0.1, 0.15) is 13.8 Å². The second kappa shape index (κ2) is 5.17. The maximum absolute atomic E-state index is 12.5. The van der Waals surface area contributed by atoms with Crippen LogP contribution in [0.3, 0.4) is 0 Å². The molecule has 2 rings (SSSR count). The first-order chi connectivity index (χ1) is 8.41. The van der Waals surface area contributed by atoms with Gasteiger partial charge in [-0.25, -0.2) is 8.42 Å². The van der Waals surface area contributed by atoms with Crippen molar-refractivity contribution in [3.8, 4) is 0 Å². The Hall–Kier alpha value is -0.620. The summed E-state index contributed by atoms with van der Waals surface area (Å²) in [5.41, 5.74) is 0. The van der Waals surface area contributed by atoms with Crippen LogP contribution in [0, 0.1) is 0 Å². The zero-order valence-electron chi connectivity index (χ0n) is 10.3. The van der Waals surface area contributed by atoms with Gasteiger partial charge in [0.25, 0.3) is 0 Å². The number of hydrogen-bond donors (Lipinski definition) is 0. The van der Waals surface area contributed by atoms with Crippen LogP contribution in [0.2, 0.25) is 5.02 Å². The fourth-order valence-electron chi connectivity index (χ4n) is 1.97. The van der Waals surface area contributed by atoms with Crippen molar-refractivity contribution >= 4 is 21.6 Å². The lowest BCUT2D eigenvalue weighted by Gasteiger charge is -2.35. The summed E-state index contributed by atoms with van der Waals surface area (Å²) < 4.78 is 31.9. The van der Waals surface area contributed by atoms with Crippen molar-refractivity contribution < 1.29 is 13.2 Å². The Morgan fingerprint density at radius 1 is 1.39 bits per heavy atom. The highest BCUT2D eigenvalue weighted by Gasteiger charge is 2.34. The molecule has 4 nitrogen and oxygen atoms in total. The lowest BCUT2D eigenvalue weighted by molar-refractivity contribution is -0.0170. The molecule has 0 saturated carbocycles. The fraction of sp³-hybridized carbons (Fsp3) is 0.500. The minimum Gasteiger partial charge on any atom is -0.375 e. The van der Waals surface area contributed by atoms with E-state index in [1.807, 2.05) is 13.8 Å². The van der Waals surface area contributed by atoms with Crippen LogP contribution in [0.4, 0.5) is 0 Å². The topological polar surface area (TPSA) is 46.6 Å². The van der Waals surface area contributed by atoms with E-state index >= 15 is 0 Å². The van der Waals surface area contributed by atoms with Crippen molar-refractivity contribution in [2.75, 3.05) is 13.2 Å². The molecular weight excluding hydrogens is 274 g/mol. The Balaban J connectivity index is 2.35. The molecule has 1 aromatic rings. The predicted molar refractivity (Wildman–Crippen MR) is 70.2 cm³/mol.